The van der Waals surface area contributed by atoms with Crippen LogP contribution in [0.5, 0.6) is 0 Å². The molecule has 2 rings (SSSR count). The van der Waals surface area contributed by atoms with Gasteiger partial charge in [-0.2, -0.15) is 0 Å². The summed E-state index contributed by atoms with van der Waals surface area (Å²) >= 11 is 0. The summed E-state index contributed by atoms with van der Waals surface area (Å²) in [5.74, 6) is 0. The molecule has 17 heavy (non-hydrogen) atoms. The predicted molar refractivity (Wildman–Crippen MR) is 70.3 cm³/mol. The van der Waals surface area contributed by atoms with Crippen LogP contribution in [0.15, 0.2) is 18.2 Å². The second-order valence-corrected chi connectivity index (χ2v) is 4.30. The molecule has 0 aromatic heterocycles. The summed E-state index contributed by atoms with van der Waals surface area (Å²) in [4.78, 5) is 9.18. The number of carbonyl (C=O) groups excluding carboxylic acids is 1. The molecule has 0 fully saturated rings. The third kappa shape index (κ3) is 4.47. The maximum atomic E-state index is 9.18. The predicted octanol–water partition coefficient (Wildman–Crippen LogP) is 2.92. The van der Waals surface area contributed by atoms with Gasteiger partial charge in [0.05, 0.1) is 6.61 Å². The zero-order valence-electron chi connectivity index (χ0n) is 10.8. The van der Waals surface area contributed by atoms with E-state index >= 15 is 0 Å². The summed E-state index contributed by atoms with van der Waals surface area (Å²) < 4.78 is 4.15. The average molecular weight is 235 g/mol. The Kier molecular flexibility index (Phi) is 5.53. The van der Waals surface area contributed by atoms with E-state index in [1.54, 1.807) is 6.92 Å². The Labute approximate surface area is 103 Å². The lowest BCUT2D eigenvalue weighted by Crippen LogP contribution is -2.21. The first kappa shape index (κ1) is 13.6. The Balaban J connectivity index is 0.000000249. The number of anilines is 1. The normalized spacial score (nSPS) is 17.0. The van der Waals surface area contributed by atoms with Crippen molar-refractivity contribution in [3.05, 3.63) is 29.3 Å². The molecule has 0 bridgehead atoms. The van der Waals surface area contributed by atoms with Gasteiger partial charge in [-0.05, 0) is 50.8 Å². The summed E-state index contributed by atoms with van der Waals surface area (Å²) in [6, 6.07) is 7.31. The fraction of sp³-hybridized carbons (Fsp3) is 0.500. The van der Waals surface area contributed by atoms with Crippen LogP contribution in [0.2, 0.25) is 0 Å². The number of ether oxygens (including phenoxy) is 1. The highest BCUT2D eigenvalue weighted by atomic mass is 16.5. The summed E-state index contributed by atoms with van der Waals surface area (Å²) in [6.45, 7) is 7.05. The van der Waals surface area contributed by atoms with Gasteiger partial charge < -0.3 is 10.1 Å². The number of aryl methyl sites for hydroxylation is 2. The molecule has 1 aromatic rings. The van der Waals surface area contributed by atoms with Gasteiger partial charge >= 0.3 is 0 Å². The molecular formula is C14H21NO2. The van der Waals surface area contributed by atoms with Crippen molar-refractivity contribution in [3.63, 3.8) is 0 Å². The number of hydrogen-bond donors (Lipinski definition) is 1. The number of hydrogen-bond acceptors (Lipinski definition) is 3. The lowest BCUT2D eigenvalue weighted by molar-refractivity contribution is -0.128. The highest BCUT2D eigenvalue weighted by molar-refractivity contribution is 5.55. The van der Waals surface area contributed by atoms with Crippen molar-refractivity contribution in [1.82, 2.24) is 0 Å². The summed E-state index contributed by atoms with van der Waals surface area (Å²) in [5.41, 5.74) is 4.16. The molecular weight excluding hydrogens is 214 g/mol. The van der Waals surface area contributed by atoms with Crippen molar-refractivity contribution >= 4 is 12.2 Å². The quantitative estimate of drug-likeness (QED) is 0.801. The Morgan fingerprint density at radius 3 is 2.88 bits per heavy atom. The maximum Gasteiger partial charge on any atom is 0.293 e. The van der Waals surface area contributed by atoms with Crippen LogP contribution in [0, 0.1) is 6.92 Å². The molecule has 1 aliphatic rings. The zero-order chi connectivity index (χ0) is 12.7. The number of benzene rings is 1. The van der Waals surface area contributed by atoms with E-state index < -0.39 is 0 Å². The Hall–Kier alpha value is -1.51. The maximum absolute atomic E-state index is 9.18. The van der Waals surface area contributed by atoms with E-state index in [-0.39, 0.29) is 0 Å². The molecule has 0 saturated carbocycles. The van der Waals surface area contributed by atoms with Crippen LogP contribution in [0.4, 0.5) is 5.69 Å². The molecule has 0 spiro atoms. The van der Waals surface area contributed by atoms with E-state index in [9.17, 15) is 4.79 Å². The van der Waals surface area contributed by atoms with Gasteiger partial charge in [-0.1, -0.05) is 12.1 Å². The van der Waals surface area contributed by atoms with Crippen molar-refractivity contribution in [2.24, 2.45) is 0 Å². The third-order valence-electron chi connectivity index (χ3n) is 2.75. The highest BCUT2D eigenvalue weighted by Crippen LogP contribution is 2.25. The van der Waals surface area contributed by atoms with Gasteiger partial charge in [0, 0.05) is 11.7 Å². The van der Waals surface area contributed by atoms with Gasteiger partial charge in [-0.3, -0.25) is 4.79 Å². The number of carbonyl (C=O) groups is 1. The standard InChI is InChI=1S/C11H15N.C3H6O2/c1-8-3-5-10-6-4-9(2)12-11(10)7-8;1-2-5-3-4/h3,5,7,9,12H,4,6H2,1-2H3;3H,2H2,1H3/t9-;/m1./s1. The number of rotatable bonds is 2. The van der Waals surface area contributed by atoms with Crippen LogP contribution < -0.4 is 5.32 Å². The molecule has 0 radical (unpaired) electrons. The lowest BCUT2D eigenvalue weighted by atomic mass is 9.98. The van der Waals surface area contributed by atoms with Crippen molar-refractivity contribution < 1.29 is 9.53 Å². The second kappa shape index (κ2) is 6.94. The van der Waals surface area contributed by atoms with E-state index in [4.69, 9.17) is 0 Å². The fourth-order valence-electron chi connectivity index (χ4n) is 1.82. The third-order valence-corrected chi connectivity index (χ3v) is 2.75. The van der Waals surface area contributed by atoms with Crippen LogP contribution in [0.25, 0.3) is 0 Å². The van der Waals surface area contributed by atoms with Gasteiger partial charge in [-0.15, -0.1) is 0 Å². The number of fused-ring (bicyclic) bond motifs is 1. The van der Waals surface area contributed by atoms with E-state index in [1.807, 2.05) is 0 Å². The molecule has 1 atom stereocenters. The molecule has 94 valence electrons. The van der Waals surface area contributed by atoms with E-state index in [2.05, 4.69) is 42.1 Å². The average Bonchev–Trinajstić information content (AvgIpc) is 2.30. The lowest BCUT2D eigenvalue weighted by Gasteiger charge is -2.24. The summed E-state index contributed by atoms with van der Waals surface area (Å²) in [6.07, 6.45) is 2.49. The molecule has 0 saturated heterocycles. The van der Waals surface area contributed by atoms with Gasteiger partial charge in [0.25, 0.3) is 6.47 Å². The molecule has 3 heteroatoms. The minimum Gasteiger partial charge on any atom is -0.468 e. The topological polar surface area (TPSA) is 38.3 Å². The second-order valence-electron chi connectivity index (χ2n) is 4.30. The molecule has 0 amide bonds. The van der Waals surface area contributed by atoms with Crippen LogP contribution in [-0.2, 0) is 16.0 Å². The SMILES string of the molecule is CCOC=O.Cc1ccc2c(c1)N[C@H](C)CC2. The highest BCUT2D eigenvalue weighted by Gasteiger charge is 2.12. The first-order valence-corrected chi connectivity index (χ1v) is 6.08. The summed E-state index contributed by atoms with van der Waals surface area (Å²) in [7, 11) is 0. The largest absolute Gasteiger partial charge is 0.468 e. The minimum absolute atomic E-state index is 0.431. The smallest absolute Gasteiger partial charge is 0.293 e. The Morgan fingerprint density at radius 2 is 2.29 bits per heavy atom. The van der Waals surface area contributed by atoms with E-state index in [0.29, 0.717) is 19.1 Å². The molecule has 1 aliphatic heterocycles. The Bertz CT molecular complexity index is 363. The molecule has 1 N–H and O–H groups in total. The molecule has 1 heterocycles. The van der Waals surface area contributed by atoms with E-state index in [1.165, 1.54) is 29.7 Å². The number of nitrogens with one attached hydrogen (secondary N) is 1. The van der Waals surface area contributed by atoms with Crippen molar-refractivity contribution in [3.8, 4) is 0 Å². The van der Waals surface area contributed by atoms with Crippen LogP contribution in [0.3, 0.4) is 0 Å². The van der Waals surface area contributed by atoms with Crippen LogP contribution >= 0.6 is 0 Å². The van der Waals surface area contributed by atoms with Gasteiger partial charge in [-0.25, -0.2) is 0 Å². The van der Waals surface area contributed by atoms with Gasteiger partial charge in [0.2, 0.25) is 0 Å². The van der Waals surface area contributed by atoms with Crippen molar-refractivity contribution in [1.29, 1.82) is 0 Å². The van der Waals surface area contributed by atoms with Gasteiger partial charge in [0.15, 0.2) is 0 Å². The molecule has 1 aromatic carbocycles. The van der Waals surface area contributed by atoms with Crippen molar-refractivity contribution in [2.45, 2.75) is 39.7 Å². The van der Waals surface area contributed by atoms with Crippen molar-refractivity contribution in [2.75, 3.05) is 11.9 Å². The first-order valence-electron chi connectivity index (χ1n) is 6.08. The van der Waals surface area contributed by atoms with E-state index in [0.717, 1.165) is 0 Å². The first-order chi connectivity index (χ1) is 8.17. The molecule has 0 unspecified atom stereocenters. The molecule has 3 nitrogen and oxygen atoms in total. The van der Waals surface area contributed by atoms with Gasteiger partial charge in [0.1, 0.15) is 0 Å². The van der Waals surface area contributed by atoms with Crippen LogP contribution in [0.1, 0.15) is 31.4 Å². The molecule has 0 aliphatic carbocycles. The van der Waals surface area contributed by atoms with Crippen LogP contribution in [-0.4, -0.2) is 19.1 Å². The zero-order valence-corrected chi connectivity index (χ0v) is 10.8. The fourth-order valence-corrected chi connectivity index (χ4v) is 1.82. The Morgan fingerprint density at radius 1 is 1.53 bits per heavy atom. The summed E-state index contributed by atoms with van der Waals surface area (Å²) in [5, 5.41) is 3.50. The minimum atomic E-state index is 0.431. The monoisotopic (exact) mass is 235 g/mol.